The molecule has 3 N–H and O–H groups in total. The monoisotopic (exact) mass is 686 g/mol. The number of carboxylic acid groups (broad SMARTS) is 2. The minimum absolute atomic E-state index is 0.0545. The lowest BCUT2D eigenvalue weighted by Gasteiger charge is -2.37. The normalized spacial score (nSPS) is 21.0. The molecule has 15 heteroatoms. The van der Waals surface area contributed by atoms with Gasteiger partial charge in [-0.05, 0) is 56.2 Å². The van der Waals surface area contributed by atoms with Gasteiger partial charge in [0.05, 0.1) is 16.5 Å². The highest BCUT2D eigenvalue weighted by atomic mass is 35.5. The van der Waals surface area contributed by atoms with Crippen LogP contribution < -0.4 is 10.1 Å². The molecule has 8 nitrogen and oxygen atoms in total. The van der Waals surface area contributed by atoms with E-state index in [-0.39, 0.29) is 27.6 Å². The summed E-state index contributed by atoms with van der Waals surface area (Å²) in [6.45, 7) is 3.15. The molecule has 0 radical (unpaired) electrons. The molecule has 0 spiro atoms. The summed E-state index contributed by atoms with van der Waals surface area (Å²) in [5.74, 6) is -7.72. The number of hydrogen-bond acceptors (Lipinski definition) is 6. The van der Waals surface area contributed by atoms with Crippen molar-refractivity contribution in [2.24, 2.45) is 5.41 Å². The fraction of sp³-hybridized carbons (Fsp3) is 0.290. The van der Waals surface area contributed by atoms with Crippen molar-refractivity contribution in [3.8, 4) is 11.8 Å². The Hall–Kier alpha value is -4.25. The first-order valence-electron chi connectivity index (χ1n) is 13.2. The molecule has 4 unspecified atom stereocenters. The number of nitrogens with zero attached hydrogens (tertiary/aromatic N) is 1. The number of aliphatic carboxylic acids is 2. The number of hydrogen-bond donors (Lipinski definition) is 3. The average molecular weight is 687 g/mol. The predicted octanol–water partition coefficient (Wildman–Crippen LogP) is 6.90. The number of para-hydroxylation sites is 1. The Labute approximate surface area is 269 Å². The number of esters is 1. The third-order valence-electron chi connectivity index (χ3n) is 7.36. The van der Waals surface area contributed by atoms with Crippen LogP contribution >= 0.6 is 23.2 Å². The molecule has 46 heavy (non-hydrogen) atoms. The molecule has 1 saturated heterocycles. The van der Waals surface area contributed by atoms with Crippen LogP contribution in [0.4, 0.5) is 22.0 Å². The van der Waals surface area contributed by atoms with Gasteiger partial charge in [-0.15, -0.1) is 0 Å². The molecule has 3 aromatic carbocycles. The summed E-state index contributed by atoms with van der Waals surface area (Å²) in [6, 6.07) is 15.5. The van der Waals surface area contributed by atoms with Crippen molar-refractivity contribution in [3.63, 3.8) is 0 Å². The standard InChI is InChI=1S/C29H24Cl2F2N2O4.C2HF3O2/c1-28(2,27(38)39-17-7-4-3-5-8-17)14-22-29(15-34,19-12-11-16(30)13-21(19)32)23(25(35-22)26(36)37)18-9-6-10-20(31)24(18)33;3-2(4,5)1(6)7/h3-13,22-23,25,35H,14H2,1-2H3,(H,36,37);(H,6,7). The van der Waals surface area contributed by atoms with Crippen LogP contribution in [-0.2, 0) is 19.8 Å². The SMILES string of the molecule is CC(C)(CC1NC(C(=O)O)C(c2cccc(Cl)c2F)C1(C#N)c1ccc(Cl)cc1F)C(=O)Oc1ccccc1.O=C(O)C(F)(F)F. The van der Waals surface area contributed by atoms with Crippen molar-refractivity contribution in [2.75, 3.05) is 0 Å². The molecule has 1 fully saturated rings. The minimum atomic E-state index is -5.08. The maximum absolute atomic E-state index is 15.6. The molecule has 0 aromatic heterocycles. The van der Waals surface area contributed by atoms with Crippen LogP contribution in [0.1, 0.15) is 37.3 Å². The second-order valence-electron chi connectivity index (χ2n) is 10.9. The van der Waals surface area contributed by atoms with E-state index in [0.717, 1.165) is 6.07 Å². The molecule has 0 saturated carbocycles. The molecule has 1 aliphatic heterocycles. The number of nitrogens with one attached hydrogen (secondary N) is 1. The van der Waals surface area contributed by atoms with Crippen molar-refractivity contribution in [1.29, 1.82) is 5.26 Å². The van der Waals surface area contributed by atoms with Crippen LogP contribution in [0.3, 0.4) is 0 Å². The zero-order chi connectivity index (χ0) is 34.6. The second kappa shape index (κ2) is 14.0. The highest BCUT2D eigenvalue weighted by Gasteiger charge is 2.62. The summed E-state index contributed by atoms with van der Waals surface area (Å²) in [6.07, 6.45) is -5.24. The van der Waals surface area contributed by atoms with E-state index in [2.05, 4.69) is 11.4 Å². The largest absolute Gasteiger partial charge is 0.490 e. The highest BCUT2D eigenvalue weighted by Crippen LogP contribution is 2.53. The van der Waals surface area contributed by atoms with Crippen LogP contribution in [0.25, 0.3) is 0 Å². The molecule has 1 heterocycles. The van der Waals surface area contributed by atoms with Gasteiger partial charge in [-0.2, -0.15) is 18.4 Å². The lowest BCUT2D eigenvalue weighted by Crippen LogP contribution is -2.47. The number of ether oxygens (including phenoxy) is 1. The number of carbonyl (C=O) groups is 3. The highest BCUT2D eigenvalue weighted by molar-refractivity contribution is 6.31. The Morgan fingerprint density at radius 2 is 1.61 bits per heavy atom. The molecule has 0 amide bonds. The van der Waals surface area contributed by atoms with E-state index in [0.29, 0.717) is 5.75 Å². The second-order valence-corrected chi connectivity index (χ2v) is 11.7. The lowest BCUT2D eigenvalue weighted by molar-refractivity contribution is -0.192. The molecule has 3 aromatic rings. The Kier molecular flexibility index (Phi) is 11.0. The smallest absolute Gasteiger partial charge is 0.480 e. The number of alkyl halides is 3. The Balaban J connectivity index is 0.000000738. The van der Waals surface area contributed by atoms with Crippen molar-refractivity contribution in [3.05, 3.63) is 99.5 Å². The van der Waals surface area contributed by atoms with Crippen LogP contribution in [0.2, 0.25) is 10.0 Å². The Morgan fingerprint density at radius 3 is 2.13 bits per heavy atom. The van der Waals surface area contributed by atoms with Gasteiger partial charge < -0.3 is 14.9 Å². The molecule has 1 aliphatic rings. The van der Waals surface area contributed by atoms with Crippen molar-refractivity contribution >= 4 is 41.1 Å². The average Bonchev–Trinajstić information content (AvgIpc) is 3.28. The minimum Gasteiger partial charge on any atom is -0.480 e. The van der Waals surface area contributed by atoms with E-state index in [1.54, 1.807) is 44.2 Å². The van der Waals surface area contributed by atoms with Gasteiger partial charge in [-0.25, -0.2) is 13.6 Å². The number of carboxylic acids is 2. The fourth-order valence-corrected chi connectivity index (χ4v) is 5.60. The van der Waals surface area contributed by atoms with Gasteiger partial charge in [-0.1, -0.05) is 59.6 Å². The van der Waals surface area contributed by atoms with Gasteiger partial charge in [0.25, 0.3) is 0 Å². The number of rotatable bonds is 7. The molecular formula is C31H25Cl2F5N2O6. The van der Waals surface area contributed by atoms with Crippen LogP contribution in [0.5, 0.6) is 5.75 Å². The van der Waals surface area contributed by atoms with Crippen molar-refractivity contribution in [2.45, 2.75) is 49.9 Å². The molecule has 0 aliphatic carbocycles. The molecule has 0 bridgehead atoms. The van der Waals surface area contributed by atoms with E-state index >= 15 is 8.78 Å². The Bertz CT molecular complexity index is 1670. The number of nitriles is 1. The van der Waals surface area contributed by atoms with E-state index in [1.807, 2.05) is 0 Å². The first kappa shape index (κ1) is 36.2. The third kappa shape index (κ3) is 7.58. The van der Waals surface area contributed by atoms with Gasteiger partial charge in [0.15, 0.2) is 0 Å². The van der Waals surface area contributed by atoms with Crippen molar-refractivity contribution in [1.82, 2.24) is 5.32 Å². The van der Waals surface area contributed by atoms with Gasteiger partial charge >= 0.3 is 24.1 Å². The maximum atomic E-state index is 15.6. The van der Waals surface area contributed by atoms with Crippen LogP contribution in [0.15, 0.2) is 66.7 Å². The summed E-state index contributed by atoms with van der Waals surface area (Å²) in [5.41, 5.74) is -3.64. The van der Waals surface area contributed by atoms with Crippen LogP contribution in [-0.4, -0.2) is 46.4 Å². The van der Waals surface area contributed by atoms with E-state index in [9.17, 15) is 33.1 Å². The molecule has 244 valence electrons. The summed E-state index contributed by atoms with van der Waals surface area (Å²) in [5, 5.41) is 30.7. The first-order valence-corrected chi connectivity index (χ1v) is 14.0. The first-order chi connectivity index (χ1) is 21.4. The van der Waals surface area contributed by atoms with E-state index in [1.165, 1.54) is 30.3 Å². The zero-order valence-electron chi connectivity index (χ0n) is 23.9. The number of benzene rings is 3. The zero-order valence-corrected chi connectivity index (χ0v) is 25.4. The summed E-state index contributed by atoms with van der Waals surface area (Å²) in [4.78, 5) is 34.6. The third-order valence-corrected chi connectivity index (χ3v) is 7.89. The van der Waals surface area contributed by atoms with Gasteiger partial charge in [0.1, 0.15) is 28.8 Å². The summed E-state index contributed by atoms with van der Waals surface area (Å²) >= 11 is 12.0. The number of halogens is 7. The van der Waals surface area contributed by atoms with Gasteiger partial charge in [-0.3, -0.25) is 14.9 Å². The molecular weight excluding hydrogens is 662 g/mol. The van der Waals surface area contributed by atoms with Crippen molar-refractivity contribution < 1.29 is 51.3 Å². The molecule has 4 rings (SSSR count). The predicted molar refractivity (Wildman–Crippen MR) is 155 cm³/mol. The van der Waals surface area contributed by atoms with E-state index in [4.69, 9.17) is 37.8 Å². The fourth-order valence-electron chi connectivity index (χ4n) is 5.26. The number of carbonyl (C=O) groups excluding carboxylic acids is 1. The summed E-state index contributed by atoms with van der Waals surface area (Å²) < 4.78 is 68.3. The quantitative estimate of drug-likeness (QED) is 0.139. The van der Waals surface area contributed by atoms with Gasteiger partial charge in [0, 0.05) is 22.5 Å². The summed E-state index contributed by atoms with van der Waals surface area (Å²) in [7, 11) is 0. The molecule has 4 atom stereocenters. The van der Waals surface area contributed by atoms with E-state index < -0.39 is 64.6 Å². The lowest BCUT2D eigenvalue weighted by atomic mass is 9.62. The van der Waals surface area contributed by atoms with Gasteiger partial charge in [0.2, 0.25) is 0 Å². The van der Waals surface area contributed by atoms with Crippen LogP contribution in [0, 0.1) is 28.4 Å². The maximum Gasteiger partial charge on any atom is 0.490 e. The Morgan fingerprint density at radius 1 is 1.00 bits per heavy atom. The topological polar surface area (TPSA) is 137 Å².